The zero-order valence-corrected chi connectivity index (χ0v) is 11.2. The SMILES string of the molecule is CCC(CC(=O)O)NC(=O)CCNC(=O)c1ccco1. The standard InChI is InChI=1S/C13H18N2O5/c1-2-9(8-12(17)18)15-11(16)5-6-14-13(19)10-4-3-7-20-10/h3-4,7,9H,2,5-6,8H2,1H3,(H,14,19)(H,15,16)(H,17,18). The van der Waals surface area contributed by atoms with Gasteiger partial charge in [0.2, 0.25) is 5.91 Å². The second-order valence-corrected chi connectivity index (χ2v) is 4.25. The van der Waals surface area contributed by atoms with Gasteiger partial charge in [0.05, 0.1) is 12.7 Å². The van der Waals surface area contributed by atoms with Gasteiger partial charge in [-0.15, -0.1) is 0 Å². The van der Waals surface area contributed by atoms with E-state index in [0.29, 0.717) is 6.42 Å². The van der Waals surface area contributed by atoms with E-state index in [1.54, 1.807) is 13.0 Å². The van der Waals surface area contributed by atoms with E-state index in [-0.39, 0.29) is 43.0 Å². The Labute approximate surface area is 116 Å². The van der Waals surface area contributed by atoms with E-state index in [4.69, 9.17) is 9.52 Å². The first-order valence-corrected chi connectivity index (χ1v) is 6.35. The van der Waals surface area contributed by atoms with Crippen molar-refractivity contribution >= 4 is 17.8 Å². The number of amides is 2. The predicted molar refractivity (Wildman–Crippen MR) is 70.1 cm³/mol. The average Bonchev–Trinajstić information content (AvgIpc) is 2.91. The molecule has 1 atom stereocenters. The summed E-state index contributed by atoms with van der Waals surface area (Å²) in [5, 5.41) is 13.8. The smallest absolute Gasteiger partial charge is 0.305 e. The highest BCUT2D eigenvalue weighted by Crippen LogP contribution is 2.00. The van der Waals surface area contributed by atoms with Gasteiger partial charge >= 0.3 is 5.97 Å². The highest BCUT2D eigenvalue weighted by molar-refractivity contribution is 5.91. The molecular formula is C13H18N2O5. The number of furan rings is 1. The first kappa shape index (κ1) is 15.7. The molecule has 1 aromatic heterocycles. The number of carboxylic acids is 1. The molecule has 0 bridgehead atoms. The van der Waals surface area contributed by atoms with Gasteiger partial charge in [-0.1, -0.05) is 6.92 Å². The molecule has 0 spiro atoms. The number of hydrogen-bond acceptors (Lipinski definition) is 4. The number of carbonyl (C=O) groups excluding carboxylic acids is 2. The minimum atomic E-state index is -0.955. The lowest BCUT2D eigenvalue weighted by Gasteiger charge is -2.14. The van der Waals surface area contributed by atoms with Gasteiger partial charge in [-0.2, -0.15) is 0 Å². The molecule has 20 heavy (non-hydrogen) atoms. The summed E-state index contributed by atoms with van der Waals surface area (Å²) >= 11 is 0. The largest absolute Gasteiger partial charge is 0.481 e. The van der Waals surface area contributed by atoms with Crippen molar-refractivity contribution in [1.29, 1.82) is 0 Å². The molecule has 0 saturated heterocycles. The number of nitrogens with one attached hydrogen (secondary N) is 2. The van der Waals surface area contributed by atoms with Crippen molar-refractivity contribution in [3.63, 3.8) is 0 Å². The highest BCUT2D eigenvalue weighted by Gasteiger charge is 2.14. The average molecular weight is 282 g/mol. The van der Waals surface area contributed by atoms with Crippen LogP contribution in [0, 0.1) is 0 Å². The van der Waals surface area contributed by atoms with Crippen LogP contribution in [0.4, 0.5) is 0 Å². The summed E-state index contributed by atoms with van der Waals surface area (Å²) in [6.45, 7) is 1.96. The van der Waals surface area contributed by atoms with Crippen LogP contribution in [0.3, 0.4) is 0 Å². The molecule has 1 aromatic rings. The second-order valence-electron chi connectivity index (χ2n) is 4.25. The summed E-state index contributed by atoms with van der Waals surface area (Å²) in [5.41, 5.74) is 0. The van der Waals surface area contributed by atoms with E-state index in [0.717, 1.165) is 0 Å². The molecule has 3 N–H and O–H groups in total. The van der Waals surface area contributed by atoms with Crippen LogP contribution in [-0.2, 0) is 9.59 Å². The summed E-state index contributed by atoms with van der Waals surface area (Å²) in [6.07, 6.45) is 1.90. The maximum Gasteiger partial charge on any atom is 0.305 e. The minimum absolute atomic E-state index is 0.0859. The summed E-state index contributed by atoms with van der Waals surface area (Å²) < 4.78 is 4.90. The molecule has 1 heterocycles. The first-order chi connectivity index (χ1) is 9.52. The molecule has 1 rings (SSSR count). The molecule has 0 radical (unpaired) electrons. The second kappa shape index (κ2) is 7.98. The molecular weight excluding hydrogens is 264 g/mol. The lowest BCUT2D eigenvalue weighted by molar-refractivity contribution is -0.137. The van der Waals surface area contributed by atoms with Crippen molar-refractivity contribution in [2.45, 2.75) is 32.2 Å². The van der Waals surface area contributed by atoms with Crippen LogP contribution in [0.2, 0.25) is 0 Å². The van der Waals surface area contributed by atoms with Crippen molar-refractivity contribution < 1.29 is 23.9 Å². The van der Waals surface area contributed by atoms with Gasteiger partial charge in [0.25, 0.3) is 5.91 Å². The van der Waals surface area contributed by atoms with Gasteiger partial charge in [-0.3, -0.25) is 14.4 Å². The van der Waals surface area contributed by atoms with E-state index in [9.17, 15) is 14.4 Å². The Morgan fingerprint density at radius 2 is 2.15 bits per heavy atom. The Kier molecular flexibility index (Phi) is 6.28. The molecule has 0 fully saturated rings. The topological polar surface area (TPSA) is 109 Å². The van der Waals surface area contributed by atoms with Crippen LogP contribution in [0.15, 0.2) is 22.8 Å². The van der Waals surface area contributed by atoms with Crippen LogP contribution < -0.4 is 10.6 Å². The summed E-state index contributed by atoms with van der Waals surface area (Å²) in [4.78, 5) is 33.6. The molecule has 0 aliphatic carbocycles. The van der Waals surface area contributed by atoms with Gasteiger partial charge in [0, 0.05) is 19.0 Å². The Hall–Kier alpha value is -2.31. The zero-order valence-electron chi connectivity index (χ0n) is 11.2. The number of carboxylic acid groups (broad SMARTS) is 1. The first-order valence-electron chi connectivity index (χ1n) is 6.35. The molecule has 2 amide bonds. The number of hydrogen-bond donors (Lipinski definition) is 3. The Morgan fingerprint density at radius 3 is 2.70 bits per heavy atom. The van der Waals surface area contributed by atoms with Crippen molar-refractivity contribution in [3.05, 3.63) is 24.2 Å². The molecule has 1 unspecified atom stereocenters. The van der Waals surface area contributed by atoms with E-state index in [2.05, 4.69) is 10.6 Å². The van der Waals surface area contributed by atoms with Crippen molar-refractivity contribution in [1.82, 2.24) is 10.6 Å². The normalized spacial score (nSPS) is 11.7. The van der Waals surface area contributed by atoms with E-state index < -0.39 is 5.97 Å². The lowest BCUT2D eigenvalue weighted by Crippen LogP contribution is -2.38. The Morgan fingerprint density at radius 1 is 1.40 bits per heavy atom. The third kappa shape index (κ3) is 5.55. The fraction of sp³-hybridized carbons (Fsp3) is 0.462. The predicted octanol–water partition coefficient (Wildman–Crippen LogP) is 0.769. The molecule has 0 aliphatic rings. The van der Waals surface area contributed by atoms with E-state index >= 15 is 0 Å². The minimum Gasteiger partial charge on any atom is -0.481 e. The van der Waals surface area contributed by atoms with Crippen LogP contribution in [-0.4, -0.2) is 35.5 Å². The lowest BCUT2D eigenvalue weighted by atomic mass is 10.1. The maximum atomic E-state index is 11.6. The fourth-order valence-corrected chi connectivity index (χ4v) is 1.59. The molecule has 0 aromatic carbocycles. The number of aliphatic carboxylic acids is 1. The van der Waals surface area contributed by atoms with Crippen molar-refractivity contribution in [2.75, 3.05) is 6.54 Å². The van der Waals surface area contributed by atoms with Crippen molar-refractivity contribution in [3.8, 4) is 0 Å². The third-order valence-electron chi connectivity index (χ3n) is 2.66. The van der Waals surface area contributed by atoms with Crippen LogP contribution in [0.5, 0.6) is 0 Å². The molecule has 0 saturated carbocycles. The van der Waals surface area contributed by atoms with Gasteiger partial charge < -0.3 is 20.2 Å². The van der Waals surface area contributed by atoms with Gasteiger partial charge in [0.15, 0.2) is 5.76 Å². The fourth-order valence-electron chi connectivity index (χ4n) is 1.59. The highest BCUT2D eigenvalue weighted by atomic mass is 16.4. The number of carbonyl (C=O) groups is 3. The molecule has 7 nitrogen and oxygen atoms in total. The third-order valence-corrected chi connectivity index (χ3v) is 2.66. The zero-order chi connectivity index (χ0) is 15.0. The van der Waals surface area contributed by atoms with Gasteiger partial charge in [-0.05, 0) is 18.6 Å². The maximum absolute atomic E-state index is 11.6. The molecule has 110 valence electrons. The summed E-state index contributed by atoms with van der Waals surface area (Å²) in [7, 11) is 0. The summed E-state index contributed by atoms with van der Waals surface area (Å²) in [6, 6.07) is 2.73. The Bertz CT molecular complexity index is 455. The van der Waals surface area contributed by atoms with Crippen LogP contribution in [0.25, 0.3) is 0 Å². The van der Waals surface area contributed by atoms with Crippen molar-refractivity contribution in [2.24, 2.45) is 0 Å². The van der Waals surface area contributed by atoms with Crippen LogP contribution in [0.1, 0.15) is 36.7 Å². The molecule has 0 aliphatic heterocycles. The number of rotatable bonds is 8. The molecule has 7 heteroatoms. The monoisotopic (exact) mass is 282 g/mol. The van der Waals surface area contributed by atoms with Gasteiger partial charge in [-0.25, -0.2) is 0 Å². The van der Waals surface area contributed by atoms with E-state index in [1.165, 1.54) is 12.3 Å². The van der Waals surface area contributed by atoms with Gasteiger partial charge in [0.1, 0.15) is 0 Å². The van der Waals surface area contributed by atoms with Crippen LogP contribution >= 0.6 is 0 Å². The Balaban J connectivity index is 2.25. The van der Waals surface area contributed by atoms with E-state index in [1.807, 2.05) is 0 Å². The quantitative estimate of drug-likeness (QED) is 0.652. The summed E-state index contributed by atoms with van der Waals surface area (Å²) in [5.74, 6) is -1.45.